The van der Waals surface area contributed by atoms with Crippen molar-refractivity contribution < 1.29 is 14.6 Å². The van der Waals surface area contributed by atoms with E-state index in [0.717, 1.165) is 13.0 Å². The molecule has 0 aliphatic carbocycles. The number of amides is 1. The molecule has 17 heavy (non-hydrogen) atoms. The molecular formula is C12H22N2O3. The van der Waals surface area contributed by atoms with Gasteiger partial charge >= 0.3 is 0 Å². The summed E-state index contributed by atoms with van der Waals surface area (Å²) < 4.78 is 5.26. The molecular weight excluding hydrogens is 220 g/mol. The maximum atomic E-state index is 12.3. The van der Waals surface area contributed by atoms with E-state index in [1.807, 2.05) is 19.0 Å². The van der Waals surface area contributed by atoms with Gasteiger partial charge < -0.3 is 19.6 Å². The molecule has 2 rings (SSSR count). The number of rotatable bonds is 3. The second-order valence-electron chi connectivity index (χ2n) is 5.36. The highest BCUT2D eigenvalue weighted by Gasteiger charge is 2.38. The maximum absolute atomic E-state index is 12.3. The molecule has 2 aliphatic heterocycles. The largest absolute Gasteiger partial charge is 0.391 e. The van der Waals surface area contributed by atoms with Crippen LogP contribution in [0.15, 0.2) is 0 Å². The molecule has 98 valence electrons. The van der Waals surface area contributed by atoms with Gasteiger partial charge in [-0.2, -0.15) is 0 Å². The molecule has 0 radical (unpaired) electrons. The van der Waals surface area contributed by atoms with E-state index in [4.69, 9.17) is 4.74 Å². The van der Waals surface area contributed by atoms with Gasteiger partial charge in [-0.15, -0.1) is 0 Å². The van der Waals surface area contributed by atoms with Crippen LogP contribution < -0.4 is 0 Å². The van der Waals surface area contributed by atoms with Gasteiger partial charge in [-0.3, -0.25) is 4.79 Å². The van der Waals surface area contributed by atoms with Crippen LogP contribution in [0.2, 0.25) is 0 Å². The standard InChI is InChI=1S/C12H22N2O3/c1-13(2)6-10-5-11(15)7-14(10)12(16)9-3-4-17-8-9/h9-11,15H,3-8H2,1-2H3. The van der Waals surface area contributed by atoms with Crippen molar-refractivity contribution in [2.24, 2.45) is 5.92 Å². The molecule has 0 saturated carbocycles. The SMILES string of the molecule is CN(C)CC1CC(O)CN1C(=O)C1CCOC1. The van der Waals surface area contributed by atoms with Gasteiger partial charge in [0.25, 0.3) is 0 Å². The monoisotopic (exact) mass is 242 g/mol. The molecule has 3 atom stereocenters. The molecule has 0 bridgehead atoms. The Labute approximate surface area is 102 Å². The van der Waals surface area contributed by atoms with Crippen LogP contribution in [0, 0.1) is 5.92 Å². The Kier molecular flexibility index (Phi) is 4.01. The minimum absolute atomic E-state index is 0.00459. The predicted molar refractivity (Wildman–Crippen MR) is 63.6 cm³/mol. The Morgan fingerprint density at radius 2 is 2.29 bits per heavy atom. The molecule has 0 aromatic carbocycles. The second kappa shape index (κ2) is 5.33. The van der Waals surface area contributed by atoms with E-state index in [2.05, 4.69) is 4.90 Å². The number of ether oxygens (including phenoxy) is 1. The molecule has 0 aromatic rings. The Hall–Kier alpha value is -0.650. The van der Waals surface area contributed by atoms with Gasteiger partial charge in [-0.25, -0.2) is 0 Å². The highest BCUT2D eigenvalue weighted by atomic mass is 16.5. The Balaban J connectivity index is 1.98. The number of carbonyl (C=O) groups is 1. The normalized spacial score (nSPS) is 33.6. The van der Waals surface area contributed by atoms with Crippen molar-refractivity contribution >= 4 is 5.91 Å². The van der Waals surface area contributed by atoms with Crippen molar-refractivity contribution in [3.05, 3.63) is 0 Å². The zero-order chi connectivity index (χ0) is 12.4. The smallest absolute Gasteiger partial charge is 0.228 e. The summed E-state index contributed by atoms with van der Waals surface area (Å²) in [5.41, 5.74) is 0. The minimum Gasteiger partial charge on any atom is -0.391 e. The van der Waals surface area contributed by atoms with Crippen LogP contribution in [0.3, 0.4) is 0 Å². The van der Waals surface area contributed by atoms with E-state index >= 15 is 0 Å². The third-order valence-electron chi connectivity index (χ3n) is 3.53. The van der Waals surface area contributed by atoms with E-state index < -0.39 is 0 Å². The summed E-state index contributed by atoms with van der Waals surface area (Å²) in [5, 5.41) is 9.73. The lowest BCUT2D eigenvalue weighted by Crippen LogP contribution is -2.44. The zero-order valence-electron chi connectivity index (χ0n) is 10.6. The molecule has 1 amide bonds. The minimum atomic E-state index is -0.369. The lowest BCUT2D eigenvalue weighted by Gasteiger charge is -2.28. The third kappa shape index (κ3) is 2.97. The third-order valence-corrected chi connectivity index (χ3v) is 3.53. The van der Waals surface area contributed by atoms with Crippen molar-refractivity contribution in [1.82, 2.24) is 9.80 Å². The van der Waals surface area contributed by atoms with E-state index in [0.29, 0.717) is 26.2 Å². The van der Waals surface area contributed by atoms with Gasteiger partial charge in [-0.1, -0.05) is 0 Å². The lowest BCUT2D eigenvalue weighted by molar-refractivity contribution is -0.136. The van der Waals surface area contributed by atoms with Crippen molar-refractivity contribution in [1.29, 1.82) is 0 Å². The number of likely N-dealkylation sites (tertiary alicyclic amines) is 1. The van der Waals surface area contributed by atoms with Crippen LogP contribution in [-0.2, 0) is 9.53 Å². The van der Waals surface area contributed by atoms with E-state index in [1.54, 1.807) is 0 Å². The highest BCUT2D eigenvalue weighted by molar-refractivity contribution is 5.80. The van der Waals surface area contributed by atoms with Gasteiger partial charge in [0.1, 0.15) is 0 Å². The van der Waals surface area contributed by atoms with Crippen LogP contribution in [0.25, 0.3) is 0 Å². The quantitative estimate of drug-likeness (QED) is 0.728. The van der Waals surface area contributed by atoms with Gasteiger partial charge in [0.05, 0.1) is 18.6 Å². The molecule has 3 unspecified atom stereocenters. The van der Waals surface area contributed by atoms with Crippen LogP contribution in [0.5, 0.6) is 0 Å². The first-order valence-corrected chi connectivity index (χ1v) is 6.29. The van der Waals surface area contributed by atoms with Gasteiger partial charge in [0, 0.05) is 25.7 Å². The number of hydrogen-bond acceptors (Lipinski definition) is 4. The maximum Gasteiger partial charge on any atom is 0.228 e. The van der Waals surface area contributed by atoms with Crippen molar-refractivity contribution in [3.8, 4) is 0 Å². The summed E-state index contributed by atoms with van der Waals surface area (Å²) in [6.45, 7) is 2.52. The number of aliphatic hydroxyl groups is 1. The van der Waals surface area contributed by atoms with Crippen molar-refractivity contribution in [2.75, 3.05) is 40.4 Å². The van der Waals surface area contributed by atoms with Crippen LogP contribution in [-0.4, -0.2) is 73.4 Å². The first-order chi connectivity index (χ1) is 8.08. The van der Waals surface area contributed by atoms with Gasteiger partial charge in [-0.05, 0) is 26.9 Å². The van der Waals surface area contributed by atoms with Crippen LogP contribution in [0.4, 0.5) is 0 Å². The first-order valence-electron chi connectivity index (χ1n) is 6.29. The molecule has 2 aliphatic rings. The number of aliphatic hydroxyl groups excluding tert-OH is 1. The Bertz CT molecular complexity index is 277. The predicted octanol–water partition coefficient (Wildman–Crippen LogP) is -0.454. The summed E-state index contributed by atoms with van der Waals surface area (Å²) in [6, 6.07) is 0.146. The number of likely N-dealkylation sites (N-methyl/N-ethyl adjacent to an activating group) is 1. The molecule has 2 fully saturated rings. The van der Waals surface area contributed by atoms with Gasteiger partial charge in [0.2, 0.25) is 5.91 Å². The second-order valence-corrected chi connectivity index (χ2v) is 5.36. The fraction of sp³-hybridized carbons (Fsp3) is 0.917. The summed E-state index contributed by atoms with van der Waals surface area (Å²) in [4.78, 5) is 16.2. The summed E-state index contributed by atoms with van der Waals surface area (Å²) >= 11 is 0. The summed E-state index contributed by atoms with van der Waals surface area (Å²) in [5.74, 6) is 0.163. The van der Waals surface area contributed by atoms with Crippen LogP contribution in [0.1, 0.15) is 12.8 Å². The topological polar surface area (TPSA) is 53.0 Å². The average Bonchev–Trinajstić information content (AvgIpc) is 2.85. The van der Waals surface area contributed by atoms with E-state index in [1.165, 1.54) is 0 Å². The highest BCUT2D eigenvalue weighted by Crippen LogP contribution is 2.24. The van der Waals surface area contributed by atoms with Gasteiger partial charge in [0.15, 0.2) is 0 Å². The molecule has 1 N–H and O–H groups in total. The average molecular weight is 242 g/mol. The first kappa shape index (κ1) is 12.8. The lowest BCUT2D eigenvalue weighted by atomic mass is 10.1. The van der Waals surface area contributed by atoms with E-state index in [-0.39, 0.29) is 24.0 Å². The molecule has 2 saturated heterocycles. The molecule has 0 spiro atoms. The molecule has 2 heterocycles. The number of nitrogens with zero attached hydrogens (tertiary/aromatic N) is 2. The number of carbonyl (C=O) groups excluding carboxylic acids is 1. The van der Waals surface area contributed by atoms with Crippen molar-refractivity contribution in [3.63, 3.8) is 0 Å². The Morgan fingerprint density at radius 3 is 2.88 bits per heavy atom. The Morgan fingerprint density at radius 1 is 1.53 bits per heavy atom. The fourth-order valence-electron chi connectivity index (χ4n) is 2.72. The summed E-state index contributed by atoms with van der Waals surface area (Å²) in [6.07, 6.45) is 1.14. The number of β-amino-alcohol motifs (C(OH)–C–C–N with tert-alkyl or cyclic N) is 1. The van der Waals surface area contributed by atoms with E-state index in [9.17, 15) is 9.90 Å². The summed E-state index contributed by atoms with van der Waals surface area (Å²) in [7, 11) is 3.98. The fourth-order valence-corrected chi connectivity index (χ4v) is 2.72. The molecule has 0 aromatic heterocycles. The van der Waals surface area contributed by atoms with Crippen molar-refractivity contribution in [2.45, 2.75) is 25.0 Å². The molecule has 5 heteroatoms. The molecule has 5 nitrogen and oxygen atoms in total. The number of hydrogen-bond donors (Lipinski definition) is 1. The van der Waals surface area contributed by atoms with Crippen LogP contribution >= 0.6 is 0 Å². The zero-order valence-corrected chi connectivity index (χ0v) is 10.6.